The number of rotatable bonds is 8. The molecule has 232 valence electrons. The number of benzene rings is 6. The third-order valence-electron chi connectivity index (χ3n) is 9.25. The summed E-state index contributed by atoms with van der Waals surface area (Å²) in [4.78, 5) is 0. The molecule has 0 spiro atoms. The minimum atomic E-state index is 0.166. The van der Waals surface area contributed by atoms with Gasteiger partial charge in [-0.3, -0.25) is 0 Å². The van der Waals surface area contributed by atoms with E-state index in [0.717, 1.165) is 16.7 Å². The molecule has 0 radical (unpaired) electrons. The molecule has 46 heavy (non-hydrogen) atoms. The lowest BCUT2D eigenvalue weighted by Crippen LogP contribution is -2.01. The molecule has 0 bridgehead atoms. The van der Waals surface area contributed by atoms with Gasteiger partial charge in [0.2, 0.25) is 0 Å². The molecular weight excluding hydrogens is 560 g/mol. The Morgan fingerprint density at radius 1 is 0.326 bits per heavy atom. The minimum Gasteiger partial charge on any atom is -0.508 e. The Morgan fingerprint density at radius 2 is 0.674 bits per heavy atom. The SMILES string of the molecule is CC(c1ccccc1)c1ccc(O)c(C(C)c2ccccc2)c1.CC(c1ccccc1)c1cccc(C(C)c2ccccc2)c1O. The maximum atomic E-state index is 10.9. The first-order valence-corrected chi connectivity index (χ1v) is 16.2. The summed E-state index contributed by atoms with van der Waals surface area (Å²) < 4.78 is 0. The van der Waals surface area contributed by atoms with E-state index in [1.807, 2.05) is 91.0 Å². The molecule has 0 aliphatic rings. The minimum absolute atomic E-state index is 0.166. The summed E-state index contributed by atoms with van der Waals surface area (Å²) in [6.45, 7) is 8.63. The van der Waals surface area contributed by atoms with E-state index >= 15 is 0 Å². The normalized spacial score (nSPS) is 13.5. The predicted octanol–water partition coefficient (Wildman–Crippen LogP) is 11.4. The molecule has 0 saturated carbocycles. The quantitative estimate of drug-likeness (QED) is 0.181. The van der Waals surface area contributed by atoms with Crippen molar-refractivity contribution in [1.82, 2.24) is 0 Å². The molecular formula is C44H44O2. The third-order valence-corrected chi connectivity index (χ3v) is 9.25. The van der Waals surface area contributed by atoms with Crippen LogP contribution in [-0.4, -0.2) is 10.2 Å². The van der Waals surface area contributed by atoms with Crippen LogP contribution in [0.3, 0.4) is 0 Å². The highest BCUT2D eigenvalue weighted by Crippen LogP contribution is 2.38. The molecule has 6 rings (SSSR count). The number of phenolic OH excluding ortho intramolecular Hbond substituents is 2. The fourth-order valence-corrected chi connectivity index (χ4v) is 6.17. The standard InChI is InChI=1S/2C22H22O/c1-16(18-10-5-3-6-11-18)20-14-9-15-21(22(20)23)17(2)19-12-7-4-8-13-19;1-16(18-9-5-3-6-10-18)20-13-14-22(23)21(15-20)17(2)19-11-7-4-8-12-19/h2*3-17,23H,1-2H3. The van der Waals surface area contributed by atoms with E-state index in [1.165, 1.54) is 27.8 Å². The Balaban J connectivity index is 0.000000181. The van der Waals surface area contributed by atoms with Crippen LogP contribution < -0.4 is 0 Å². The predicted molar refractivity (Wildman–Crippen MR) is 192 cm³/mol. The largest absolute Gasteiger partial charge is 0.508 e. The van der Waals surface area contributed by atoms with E-state index in [-0.39, 0.29) is 17.8 Å². The van der Waals surface area contributed by atoms with Gasteiger partial charge >= 0.3 is 0 Å². The van der Waals surface area contributed by atoms with Crippen molar-refractivity contribution in [2.45, 2.75) is 51.4 Å². The lowest BCUT2D eigenvalue weighted by atomic mass is 9.86. The van der Waals surface area contributed by atoms with Crippen molar-refractivity contribution in [3.63, 3.8) is 0 Å². The maximum absolute atomic E-state index is 10.9. The van der Waals surface area contributed by atoms with Gasteiger partial charge in [0.25, 0.3) is 0 Å². The molecule has 0 amide bonds. The highest BCUT2D eigenvalue weighted by Gasteiger charge is 2.19. The Morgan fingerprint density at radius 3 is 1.07 bits per heavy atom. The molecule has 0 aliphatic carbocycles. The fourth-order valence-electron chi connectivity index (χ4n) is 6.17. The van der Waals surface area contributed by atoms with Crippen molar-refractivity contribution in [3.8, 4) is 11.5 Å². The van der Waals surface area contributed by atoms with Crippen LogP contribution in [0.1, 0.15) is 95.9 Å². The summed E-state index contributed by atoms with van der Waals surface area (Å²) >= 11 is 0. The molecule has 0 heterocycles. The van der Waals surface area contributed by atoms with E-state index in [2.05, 4.69) is 94.4 Å². The number of hydrogen-bond donors (Lipinski definition) is 2. The molecule has 0 fully saturated rings. The van der Waals surface area contributed by atoms with Crippen LogP contribution in [0.5, 0.6) is 11.5 Å². The molecule has 6 aromatic carbocycles. The smallest absolute Gasteiger partial charge is 0.123 e. The zero-order chi connectivity index (χ0) is 32.5. The molecule has 6 aromatic rings. The average Bonchev–Trinajstić information content (AvgIpc) is 3.12. The van der Waals surface area contributed by atoms with Crippen LogP contribution in [0.4, 0.5) is 0 Å². The molecule has 4 atom stereocenters. The first-order chi connectivity index (χ1) is 22.3. The van der Waals surface area contributed by atoms with Crippen LogP contribution >= 0.6 is 0 Å². The molecule has 2 nitrogen and oxygen atoms in total. The third kappa shape index (κ3) is 7.58. The summed E-state index contributed by atoms with van der Waals surface area (Å²) in [6, 6.07) is 53.5. The van der Waals surface area contributed by atoms with Gasteiger partial charge in [0.1, 0.15) is 11.5 Å². The second-order valence-electron chi connectivity index (χ2n) is 12.1. The Hall–Kier alpha value is -5.08. The van der Waals surface area contributed by atoms with Crippen LogP contribution in [0.2, 0.25) is 0 Å². The summed E-state index contributed by atoms with van der Waals surface area (Å²) in [5.74, 6) is 1.58. The van der Waals surface area contributed by atoms with Gasteiger partial charge in [-0.2, -0.15) is 0 Å². The van der Waals surface area contributed by atoms with Crippen molar-refractivity contribution in [1.29, 1.82) is 0 Å². The second kappa shape index (κ2) is 15.3. The van der Waals surface area contributed by atoms with Gasteiger partial charge in [0.15, 0.2) is 0 Å². The monoisotopic (exact) mass is 604 g/mol. The molecule has 0 saturated heterocycles. The zero-order valence-electron chi connectivity index (χ0n) is 27.2. The average molecular weight is 605 g/mol. The molecule has 2 heteroatoms. The Kier molecular flexibility index (Phi) is 10.7. The lowest BCUT2D eigenvalue weighted by Gasteiger charge is -2.20. The Labute approximate surface area is 274 Å². The number of hydrogen-bond acceptors (Lipinski definition) is 2. The van der Waals surface area contributed by atoms with Crippen LogP contribution in [0.25, 0.3) is 0 Å². The number of para-hydroxylation sites is 1. The highest BCUT2D eigenvalue weighted by atomic mass is 16.3. The molecule has 2 N–H and O–H groups in total. The van der Waals surface area contributed by atoms with Gasteiger partial charge in [-0.25, -0.2) is 0 Å². The summed E-state index contributed by atoms with van der Waals surface area (Å²) in [6.07, 6.45) is 0. The summed E-state index contributed by atoms with van der Waals surface area (Å²) in [5.41, 5.74) is 9.11. The van der Waals surface area contributed by atoms with E-state index in [0.29, 0.717) is 17.4 Å². The lowest BCUT2D eigenvalue weighted by molar-refractivity contribution is 0.457. The summed E-state index contributed by atoms with van der Waals surface area (Å²) in [5, 5.41) is 21.2. The van der Waals surface area contributed by atoms with Crippen molar-refractivity contribution in [3.05, 3.63) is 202 Å². The molecule has 4 unspecified atom stereocenters. The number of phenols is 2. The first kappa shape index (κ1) is 32.3. The molecule has 0 aromatic heterocycles. The highest BCUT2D eigenvalue weighted by molar-refractivity contribution is 5.50. The van der Waals surface area contributed by atoms with E-state index < -0.39 is 0 Å². The topological polar surface area (TPSA) is 40.5 Å². The van der Waals surface area contributed by atoms with Crippen LogP contribution in [0.15, 0.2) is 158 Å². The zero-order valence-corrected chi connectivity index (χ0v) is 27.2. The van der Waals surface area contributed by atoms with Gasteiger partial charge in [0, 0.05) is 40.4 Å². The molecule has 0 aliphatic heterocycles. The second-order valence-corrected chi connectivity index (χ2v) is 12.1. The Bertz CT molecular complexity index is 1670. The van der Waals surface area contributed by atoms with Crippen molar-refractivity contribution in [2.75, 3.05) is 0 Å². The van der Waals surface area contributed by atoms with Crippen molar-refractivity contribution < 1.29 is 10.2 Å². The van der Waals surface area contributed by atoms with E-state index in [9.17, 15) is 10.2 Å². The fraction of sp³-hybridized carbons (Fsp3) is 0.182. The van der Waals surface area contributed by atoms with Crippen molar-refractivity contribution in [2.24, 2.45) is 0 Å². The van der Waals surface area contributed by atoms with Gasteiger partial charge < -0.3 is 10.2 Å². The summed E-state index contributed by atoms with van der Waals surface area (Å²) in [7, 11) is 0. The van der Waals surface area contributed by atoms with Crippen LogP contribution in [0, 0.1) is 0 Å². The van der Waals surface area contributed by atoms with Crippen LogP contribution in [-0.2, 0) is 0 Å². The maximum Gasteiger partial charge on any atom is 0.123 e. The van der Waals surface area contributed by atoms with Gasteiger partial charge in [0.05, 0.1) is 0 Å². The van der Waals surface area contributed by atoms with Gasteiger partial charge in [-0.05, 0) is 33.9 Å². The van der Waals surface area contributed by atoms with Crippen molar-refractivity contribution >= 4 is 0 Å². The van der Waals surface area contributed by atoms with Gasteiger partial charge in [-0.1, -0.05) is 179 Å². The number of aromatic hydroxyl groups is 2. The first-order valence-electron chi connectivity index (χ1n) is 16.2. The van der Waals surface area contributed by atoms with Gasteiger partial charge in [-0.15, -0.1) is 0 Å². The van der Waals surface area contributed by atoms with E-state index in [1.54, 1.807) is 0 Å². The van der Waals surface area contributed by atoms with E-state index in [4.69, 9.17) is 0 Å².